The molecule has 4 nitrogen and oxygen atoms in total. The zero-order valence-corrected chi connectivity index (χ0v) is 12.8. The topological polar surface area (TPSA) is 46.9 Å². The first-order valence-corrected chi connectivity index (χ1v) is 6.97. The van der Waals surface area contributed by atoms with E-state index in [-0.39, 0.29) is 5.91 Å². The maximum absolute atomic E-state index is 11.9. The van der Waals surface area contributed by atoms with E-state index in [1.165, 1.54) is 0 Å². The van der Waals surface area contributed by atoms with Gasteiger partial charge in [-0.1, -0.05) is 29.3 Å². The molecule has 1 heterocycles. The second-order valence-corrected chi connectivity index (χ2v) is 5.40. The van der Waals surface area contributed by atoms with Gasteiger partial charge in [-0.15, -0.1) is 0 Å². The molecule has 0 saturated carbocycles. The normalized spacial score (nSPS) is 10.6. The number of carbonyl (C=O) groups excluding carboxylic acids is 1. The molecule has 106 valence electrons. The zero-order valence-electron chi connectivity index (χ0n) is 11.3. The second-order valence-electron chi connectivity index (χ2n) is 4.56. The first-order chi connectivity index (χ1) is 9.47. The maximum atomic E-state index is 11.9. The molecular weight excluding hydrogens is 297 g/mol. The van der Waals surface area contributed by atoms with Crippen molar-refractivity contribution in [1.82, 2.24) is 9.78 Å². The predicted molar refractivity (Wildman–Crippen MR) is 81.4 cm³/mol. The summed E-state index contributed by atoms with van der Waals surface area (Å²) in [6.45, 7) is 4.28. The van der Waals surface area contributed by atoms with Crippen LogP contribution in [0.1, 0.15) is 17.7 Å². The minimum absolute atomic E-state index is 0.0820. The summed E-state index contributed by atoms with van der Waals surface area (Å²) >= 11 is 11.8. The van der Waals surface area contributed by atoms with Crippen molar-refractivity contribution in [2.24, 2.45) is 0 Å². The summed E-state index contributed by atoms with van der Waals surface area (Å²) in [6.07, 6.45) is 1.90. The highest BCUT2D eigenvalue weighted by atomic mass is 35.5. The molecule has 0 fully saturated rings. The average molecular weight is 312 g/mol. The number of anilines is 1. The van der Waals surface area contributed by atoms with E-state index in [1.807, 2.05) is 19.9 Å². The fourth-order valence-corrected chi connectivity index (χ4v) is 2.11. The summed E-state index contributed by atoms with van der Waals surface area (Å²) < 4.78 is 1.72. The number of aryl methyl sites for hydroxylation is 2. The highest BCUT2D eigenvalue weighted by Gasteiger charge is 2.08. The molecular formula is C14H15Cl2N3O. The van der Waals surface area contributed by atoms with Crippen LogP contribution in [-0.4, -0.2) is 15.7 Å². The van der Waals surface area contributed by atoms with Crippen molar-refractivity contribution in [2.45, 2.75) is 26.8 Å². The molecule has 1 N–H and O–H groups in total. The minimum atomic E-state index is -0.0820. The summed E-state index contributed by atoms with van der Waals surface area (Å²) in [7, 11) is 0. The number of amides is 1. The highest BCUT2D eigenvalue weighted by molar-refractivity contribution is 6.31. The van der Waals surface area contributed by atoms with E-state index in [0.717, 1.165) is 16.9 Å². The summed E-state index contributed by atoms with van der Waals surface area (Å²) in [4.78, 5) is 11.9. The van der Waals surface area contributed by atoms with Gasteiger partial charge in [0.05, 0.1) is 23.5 Å². The molecule has 1 amide bonds. The van der Waals surface area contributed by atoms with Crippen molar-refractivity contribution in [3.63, 3.8) is 0 Å². The van der Waals surface area contributed by atoms with Crippen LogP contribution in [0.15, 0.2) is 24.4 Å². The Balaban J connectivity index is 1.96. The standard InChI is InChI=1S/C14H15Cl2N3O/c1-9-3-4-11(15)7-13(9)18-14(20)5-6-19-10(2)12(16)8-17-19/h3-4,7-8H,5-6H2,1-2H3,(H,18,20). The van der Waals surface area contributed by atoms with Gasteiger partial charge in [-0.05, 0) is 31.5 Å². The van der Waals surface area contributed by atoms with Crippen LogP contribution >= 0.6 is 23.2 Å². The van der Waals surface area contributed by atoms with Crippen molar-refractivity contribution < 1.29 is 4.79 Å². The van der Waals surface area contributed by atoms with Crippen molar-refractivity contribution >= 4 is 34.8 Å². The Morgan fingerprint density at radius 3 is 2.75 bits per heavy atom. The third kappa shape index (κ3) is 3.52. The summed E-state index contributed by atoms with van der Waals surface area (Å²) in [6, 6.07) is 5.40. The molecule has 0 spiro atoms. The number of nitrogens with zero attached hydrogens (tertiary/aromatic N) is 2. The number of hydrogen-bond acceptors (Lipinski definition) is 2. The smallest absolute Gasteiger partial charge is 0.226 e. The van der Waals surface area contributed by atoms with Gasteiger partial charge < -0.3 is 5.32 Å². The maximum Gasteiger partial charge on any atom is 0.226 e. The minimum Gasteiger partial charge on any atom is -0.326 e. The van der Waals surface area contributed by atoms with Crippen molar-refractivity contribution in [3.05, 3.63) is 45.7 Å². The van der Waals surface area contributed by atoms with Crippen LogP contribution in [-0.2, 0) is 11.3 Å². The second kappa shape index (κ2) is 6.29. The van der Waals surface area contributed by atoms with E-state index in [4.69, 9.17) is 23.2 Å². The van der Waals surface area contributed by atoms with Crippen molar-refractivity contribution in [1.29, 1.82) is 0 Å². The summed E-state index contributed by atoms with van der Waals surface area (Å²) in [5.41, 5.74) is 2.57. The molecule has 0 saturated heterocycles. The Hall–Kier alpha value is -1.52. The number of rotatable bonds is 4. The molecule has 2 aromatic rings. The lowest BCUT2D eigenvalue weighted by atomic mass is 10.2. The summed E-state index contributed by atoms with van der Waals surface area (Å²) in [5.74, 6) is -0.0820. The molecule has 0 aliphatic carbocycles. The molecule has 0 radical (unpaired) electrons. The Labute approximate surface area is 127 Å². The van der Waals surface area contributed by atoms with Gasteiger partial charge in [0.25, 0.3) is 0 Å². The number of halogens is 2. The van der Waals surface area contributed by atoms with Gasteiger partial charge in [-0.2, -0.15) is 5.10 Å². The molecule has 1 aromatic carbocycles. The van der Waals surface area contributed by atoms with Gasteiger partial charge in [0.2, 0.25) is 5.91 Å². The zero-order chi connectivity index (χ0) is 14.7. The number of aromatic nitrogens is 2. The monoisotopic (exact) mass is 311 g/mol. The molecule has 1 aromatic heterocycles. The lowest BCUT2D eigenvalue weighted by Crippen LogP contribution is -2.16. The largest absolute Gasteiger partial charge is 0.326 e. The van der Waals surface area contributed by atoms with E-state index in [9.17, 15) is 4.79 Å². The van der Waals surface area contributed by atoms with Crippen LogP contribution in [0, 0.1) is 13.8 Å². The van der Waals surface area contributed by atoms with Crippen LogP contribution in [0.5, 0.6) is 0 Å². The molecule has 2 rings (SSSR count). The molecule has 0 unspecified atom stereocenters. The SMILES string of the molecule is Cc1ccc(Cl)cc1NC(=O)CCn1ncc(Cl)c1C. The predicted octanol–water partition coefficient (Wildman–Crippen LogP) is 3.84. The lowest BCUT2D eigenvalue weighted by molar-refractivity contribution is -0.116. The first kappa shape index (κ1) is 14.9. The van der Waals surface area contributed by atoms with Gasteiger partial charge >= 0.3 is 0 Å². The fraction of sp³-hybridized carbons (Fsp3) is 0.286. The Bertz CT molecular complexity index is 637. The number of benzene rings is 1. The molecule has 0 bridgehead atoms. The average Bonchev–Trinajstić information content (AvgIpc) is 2.72. The van der Waals surface area contributed by atoms with Crippen molar-refractivity contribution in [3.8, 4) is 0 Å². The Morgan fingerprint density at radius 1 is 1.35 bits per heavy atom. The van der Waals surface area contributed by atoms with E-state index in [0.29, 0.717) is 23.0 Å². The molecule has 6 heteroatoms. The van der Waals surface area contributed by atoms with Crippen LogP contribution in [0.25, 0.3) is 0 Å². The van der Waals surface area contributed by atoms with Gasteiger partial charge in [0.1, 0.15) is 0 Å². The first-order valence-electron chi connectivity index (χ1n) is 6.21. The molecule has 0 aliphatic rings. The fourth-order valence-electron chi connectivity index (χ4n) is 1.80. The van der Waals surface area contributed by atoms with E-state index < -0.39 is 0 Å². The van der Waals surface area contributed by atoms with Crippen LogP contribution < -0.4 is 5.32 Å². The Morgan fingerprint density at radius 2 is 2.10 bits per heavy atom. The van der Waals surface area contributed by atoms with Crippen molar-refractivity contribution in [2.75, 3.05) is 5.32 Å². The Kier molecular flexibility index (Phi) is 4.68. The van der Waals surface area contributed by atoms with Crippen LogP contribution in [0.2, 0.25) is 10.0 Å². The number of hydrogen-bond donors (Lipinski definition) is 1. The van der Waals surface area contributed by atoms with Crippen LogP contribution in [0.3, 0.4) is 0 Å². The van der Waals surface area contributed by atoms with Gasteiger partial charge in [0, 0.05) is 17.1 Å². The molecule has 0 aliphatic heterocycles. The van der Waals surface area contributed by atoms with Crippen LogP contribution in [0.4, 0.5) is 5.69 Å². The van der Waals surface area contributed by atoms with Gasteiger partial charge in [-0.25, -0.2) is 0 Å². The number of carbonyl (C=O) groups is 1. The lowest BCUT2D eigenvalue weighted by Gasteiger charge is -2.09. The number of nitrogens with one attached hydrogen (secondary N) is 1. The van der Waals surface area contributed by atoms with E-state index >= 15 is 0 Å². The van der Waals surface area contributed by atoms with Gasteiger partial charge in [0.15, 0.2) is 0 Å². The molecule has 0 atom stereocenters. The van der Waals surface area contributed by atoms with Gasteiger partial charge in [-0.3, -0.25) is 9.48 Å². The quantitative estimate of drug-likeness (QED) is 0.932. The third-order valence-corrected chi connectivity index (χ3v) is 3.67. The highest BCUT2D eigenvalue weighted by Crippen LogP contribution is 2.20. The summed E-state index contributed by atoms with van der Waals surface area (Å²) in [5, 5.41) is 8.16. The molecule has 20 heavy (non-hydrogen) atoms. The van der Waals surface area contributed by atoms with E-state index in [1.54, 1.807) is 23.0 Å². The van der Waals surface area contributed by atoms with E-state index in [2.05, 4.69) is 10.4 Å². The third-order valence-electron chi connectivity index (χ3n) is 3.07.